The molecule has 0 bridgehead atoms. The molecule has 1 fully saturated rings. The standard InChI is InChI=1S/C20H19F3N4O4/c21-20(22,23)18(29)31-27(16-4-2-1-3-5-16)19(30)25-15-8-6-14(7-9-15)17(28)26-12-10-24-11-13-26/h1-9,24H,10-13H2,(H,25,30). The third-order valence-electron chi connectivity index (χ3n) is 4.37. The second kappa shape index (κ2) is 9.47. The average Bonchev–Trinajstić information content (AvgIpc) is 2.77. The quantitative estimate of drug-likeness (QED) is 0.723. The second-order valence-electron chi connectivity index (χ2n) is 6.56. The van der Waals surface area contributed by atoms with Crippen LogP contribution < -0.4 is 15.7 Å². The monoisotopic (exact) mass is 436 g/mol. The van der Waals surface area contributed by atoms with Crippen molar-refractivity contribution in [1.82, 2.24) is 10.2 Å². The van der Waals surface area contributed by atoms with Gasteiger partial charge in [0, 0.05) is 37.4 Å². The zero-order chi connectivity index (χ0) is 22.4. The maximum atomic E-state index is 12.6. The number of hydrogen-bond donors (Lipinski definition) is 2. The lowest BCUT2D eigenvalue weighted by molar-refractivity contribution is -0.199. The van der Waals surface area contributed by atoms with Gasteiger partial charge in [0.25, 0.3) is 5.91 Å². The minimum atomic E-state index is -5.28. The number of anilines is 2. The first kappa shape index (κ1) is 22.1. The number of amides is 3. The molecular weight excluding hydrogens is 417 g/mol. The summed E-state index contributed by atoms with van der Waals surface area (Å²) in [7, 11) is 0. The van der Waals surface area contributed by atoms with Crippen LogP contribution in [-0.4, -0.2) is 55.2 Å². The molecule has 0 unspecified atom stereocenters. The average molecular weight is 436 g/mol. The molecule has 2 N–H and O–H groups in total. The summed E-state index contributed by atoms with van der Waals surface area (Å²) < 4.78 is 37.8. The van der Waals surface area contributed by atoms with Crippen LogP contribution in [0.1, 0.15) is 10.4 Å². The summed E-state index contributed by atoms with van der Waals surface area (Å²) in [5.74, 6) is -2.70. The maximum absolute atomic E-state index is 12.6. The Hall–Kier alpha value is -3.60. The molecule has 31 heavy (non-hydrogen) atoms. The normalized spacial score (nSPS) is 14.0. The fourth-order valence-corrected chi connectivity index (χ4v) is 2.83. The van der Waals surface area contributed by atoms with Gasteiger partial charge in [-0.3, -0.25) is 4.79 Å². The molecule has 0 saturated carbocycles. The van der Waals surface area contributed by atoms with Crippen molar-refractivity contribution in [3.05, 3.63) is 60.2 Å². The van der Waals surface area contributed by atoms with Crippen molar-refractivity contribution in [2.75, 3.05) is 36.6 Å². The SMILES string of the molecule is O=C(c1ccc(NC(=O)N(OC(=O)C(F)(F)F)c2ccccc2)cc1)N1CCNCC1. The smallest absolute Gasteiger partial charge is 0.336 e. The fraction of sp³-hybridized carbons (Fsp3) is 0.250. The molecule has 0 radical (unpaired) electrons. The van der Waals surface area contributed by atoms with Crippen LogP contribution in [0.15, 0.2) is 54.6 Å². The van der Waals surface area contributed by atoms with E-state index in [1.54, 1.807) is 11.0 Å². The summed E-state index contributed by atoms with van der Waals surface area (Å²) in [5.41, 5.74) is 0.525. The van der Waals surface area contributed by atoms with Crippen LogP contribution in [0.3, 0.4) is 0 Å². The zero-order valence-electron chi connectivity index (χ0n) is 16.2. The van der Waals surface area contributed by atoms with Crippen molar-refractivity contribution in [3.63, 3.8) is 0 Å². The highest BCUT2D eigenvalue weighted by molar-refractivity contribution is 6.02. The second-order valence-corrected chi connectivity index (χ2v) is 6.56. The van der Waals surface area contributed by atoms with E-state index in [9.17, 15) is 27.6 Å². The summed E-state index contributed by atoms with van der Waals surface area (Å²) in [6, 6.07) is 11.9. The molecule has 1 aliphatic rings. The molecule has 8 nitrogen and oxygen atoms in total. The number of hydrogen-bond acceptors (Lipinski definition) is 5. The van der Waals surface area contributed by atoms with E-state index in [4.69, 9.17) is 0 Å². The van der Waals surface area contributed by atoms with Gasteiger partial charge in [0.05, 0.1) is 5.69 Å². The van der Waals surface area contributed by atoms with Crippen molar-refractivity contribution < 1.29 is 32.4 Å². The molecule has 0 aliphatic carbocycles. The van der Waals surface area contributed by atoms with E-state index in [1.165, 1.54) is 48.5 Å². The third kappa shape index (κ3) is 5.72. The topological polar surface area (TPSA) is 91.0 Å². The van der Waals surface area contributed by atoms with E-state index < -0.39 is 18.2 Å². The van der Waals surface area contributed by atoms with Crippen LogP contribution in [0, 0.1) is 0 Å². The Morgan fingerprint density at radius 2 is 1.58 bits per heavy atom. The number of urea groups is 1. The number of carbonyl (C=O) groups is 3. The molecule has 3 rings (SSSR count). The summed E-state index contributed by atoms with van der Waals surface area (Å²) in [6.45, 7) is 2.56. The van der Waals surface area contributed by atoms with E-state index in [-0.39, 0.29) is 22.3 Å². The van der Waals surface area contributed by atoms with Gasteiger partial charge < -0.3 is 20.4 Å². The van der Waals surface area contributed by atoms with Gasteiger partial charge in [0.1, 0.15) is 0 Å². The highest BCUT2D eigenvalue weighted by atomic mass is 19.4. The molecule has 1 aliphatic heterocycles. The van der Waals surface area contributed by atoms with E-state index in [2.05, 4.69) is 15.5 Å². The number of benzene rings is 2. The molecule has 164 valence electrons. The number of carbonyl (C=O) groups excluding carboxylic acids is 3. The summed E-state index contributed by atoms with van der Waals surface area (Å²) in [4.78, 5) is 42.2. The molecule has 2 aromatic rings. The van der Waals surface area contributed by atoms with Gasteiger partial charge in [-0.1, -0.05) is 18.2 Å². The van der Waals surface area contributed by atoms with Crippen molar-refractivity contribution in [3.8, 4) is 0 Å². The first-order valence-corrected chi connectivity index (χ1v) is 9.31. The van der Waals surface area contributed by atoms with Crippen LogP contribution in [0.5, 0.6) is 0 Å². The molecule has 2 aromatic carbocycles. The van der Waals surface area contributed by atoms with Crippen LogP contribution in [0.4, 0.5) is 29.3 Å². The van der Waals surface area contributed by atoms with Crippen molar-refractivity contribution in [1.29, 1.82) is 0 Å². The molecule has 1 saturated heterocycles. The van der Waals surface area contributed by atoms with Crippen molar-refractivity contribution in [2.45, 2.75) is 6.18 Å². The number of nitrogens with zero attached hydrogens (tertiary/aromatic N) is 2. The fourth-order valence-electron chi connectivity index (χ4n) is 2.83. The predicted molar refractivity (Wildman–Crippen MR) is 105 cm³/mol. The van der Waals surface area contributed by atoms with E-state index in [0.29, 0.717) is 31.7 Å². The summed E-state index contributed by atoms with van der Waals surface area (Å²) in [6.07, 6.45) is -5.28. The van der Waals surface area contributed by atoms with E-state index >= 15 is 0 Å². The number of halogens is 3. The number of rotatable bonds is 3. The van der Waals surface area contributed by atoms with Gasteiger partial charge in [-0.05, 0) is 36.4 Å². The Bertz CT molecular complexity index is 930. The molecule has 0 atom stereocenters. The Morgan fingerprint density at radius 1 is 0.968 bits per heavy atom. The first-order valence-electron chi connectivity index (χ1n) is 9.31. The molecule has 0 aromatic heterocycles. The molecular formula is C20H19F3N4O4. The van der Waals surface area contributed by atoms with Gasteiger partial charge in [-0.25, -0.2) is 9.59 Å². The maximum Gasteiger partial charge on any atom is 0.493 e. The molecule has 11 heteroatoms. The number of hydroxylamine groups is 1. The van der Waals surface area contributed by atoms with Crippen LogP contribution in [-0.2, 0) is 9.63 Å². The predicted octanol–water partition coefficient (Wildman–Crippen LogP) is 2.79. The van der Waals surface area contributed by atoms with Gasteiger partial charge >= 0.3 is 18.2 Å². The third-order valence-corrected chi connectivity index (χ3v) is 4.37. The van der Waals surface area contributed by atoms with E-state index in [0.717, 1.165) is 0 Å². The number of para-hydroxylation sites is 1. The molecule has 3 amide bonds. The Morgan fingerprint density at radius 3 is 2.16 bits per heavy atom. The van der Waals surface area contributed by atoms with E-state index in [1.807, 2.05) is 0 Å². The van der Waals surface area contributed by atoms with Gasteiger partial charge in [-0.2, -0.15) is 13.2 Å². The van der Waals surface area contributed by atoms with Crippen LogP contribution in [0.2, 0.25) is 0 Å². The van der Waals surface area contributed by atoms with Crippen molar-refractivity contribution in [2.24, 2.45) is 0 Å². The van der Waals surface area contributed by atoms with Gasteiger partial charge in [-0.15, -0.1) is 5.06 Å². The molecule has 1 heterocycles. The zero-order valence-corrected chi connectivity index (χ0v) is 16.2. The van der Waals surface area contributed by atoms with Gasteiger partial charge in [0.2, 0.25) is 0 Å². The lowest BCUT2D eigenvalue weighted by atomic mass is 10.1. The lowest BCUT2D eigenvalue weighted by Crippen LogP contribution is -2.46. The number of alkyl halides is 3. The Kier molecular flexibility index (Phi) is 6.75. The Labute approximate surface area is 175 Å². The summed E-state index contributed by atoms with van der Waals surface area (Å²) >= 11 is 0. The van der Waals surface area contributed by atoms with Crippen molar-refractivity contribution >= 4 is 29.3 Å². The van der Waals surface area contributed by atoms with Crippen LogP contribution >= 0.6 is 0 Å². The summed E-state index contributed by atoms with van der Waals surface area (Å²) in [5, 5.41) is 5.71. The highest BCUT2D eigenvalue weighted by Crippen LogP contribution is 2.22. The first-order chi connectivity index (χ1) is 14.8. The number of piperazine rings is 1. The molecule has 0 spiro atoms. The Balaban J connectivity index is 1.72. The van der Waals surface area contributed by atoms with Crippen LogP contribution in [0.25, 0.3) is 0 Å². The highest BCUT2D eigenvalue weighted by Gasteiger charge is 2.43. The number of nitrogens with one attached hydrogen (secondary N) is 2. The minimum absolute atomic E-state index is 0.0805. The lowest BCUT2D eigenvalue weighted by Gasteiger charge is -2.27. The largest absolute Gasteiger partial charge is 0.493 e. The van der Waals surface area contributed by atoms with Gasteiger partial charge in [0.15, 0.2) is 0 Å². The minimum Gasteiger partial charge on any atom is -0.336 e.